The molecule has 1 aliphatic heterocycles. The van der Waals surface area contributed by atoms with Gasteiger partial charge in [0.05, 0.1) is 10.9 Å². The van der Waals surface area contributed by atoms with Gasteiger partial charge in [-0.15, -0.1) is 0 Å². The van der Waals surface area contributed by atoms with E-state index in [0.717, 1.165) is 23.6 Å². The van der Waals surface area contributed by atoms with Crippen LogP contribution in [0.3, 0.4) is 0 Å². The van der Waals surface area contributed by atoms with Crippen LogP contribution in [0.4, 0.5) is 0 Å². The maximum absolute atomic E-state index is 6.68. The van der Waals surface area contributed by atoms with Crippen molar-refractivity contribution < 1.29 is 9.30 Å². The van der Waals surface area contributed by atoms with Crippen LogP contribution < -0.4 is 9.30 Å². The summed E-state index contributed by atoms with van der Waals surface area (Å²) in [5.74, 6) is 2.56. The van der Waals surface area contributed by atoms with E-state index in [1.54, 1.807) is 0 Å². The Morgan fingerprint density at radius 2 is 1.68 bits per heavy atom. The van der Waals surface area contributed by atoms with Crippen molar-refractivity contribution in [1.29, 1.82) is 0 Å². The number of pyridine rings is 1. The zero-order valence-corrected chi connectivity index (χ0v) is 18.5. The van der Waals surface area contributed by atoms with E-state index in [1.807, 2.05) is 0 Å². The van der Waals surface area contributed by atoms with E-state index in [0.29, 0.717) is 5.92 Å². The highest BCUT2D eigenvalue weighted by Crippen LogP contribution is 2.49. The lowest BCUT2D eigenvalue weighted by Crippen LogP contribution is -2.32. The van der Waals surface area contributed by atoms with Gasteiger partial charge in [0.15, 0.2) is 6.20 Å². The SMILES string of the molecule is Cc1ccc2cccc3c2c1-c1c(c2c(ccc4cc(CC(C)C)ccc42)c[n+]1C)O3. The predicted octanol–water partition coefficient (Wildman–Crippen LogP) is 7.25. The molecule has 0 aliphatic carbocycles. The number of benzene rings is 4. The van der Waals surface area contributed by atoms with Crippen LogP contribution in [-0.2, 0) is 13.5 Å². The van der Waals surface area contributed by atoms with E-state index in [4.69, 9.17) is 4.74 Å². The van der Waals surface area contributed by atoms with Gasteiger partial charge in [0.2, 0.25) is 5.75 Å². The van der Waals surface area contributed by atoms with Gasteiger partial charge in [-0.2, -0.15) is 4.57 Å². The summed E-state index contributed by atoms with van der Waals surface area (Å²) in [6.45, 7) is 6.75. The summed E-state index contributed by atoms with van der Waals surface area (Å²) in [5.41, 5.74) is 5.11. The molecule has 5 aromatic rings. The average Bonchev–Trinajstić information content (AvgIpc) is 2.75. The molecule has 1 aliphatic rings. The number of rotatable bonds is 2. The van der Waals surface area contributed by atoms with Crippen LogP contribution in [0.5, 0.6) is 11.5 Å². The molecule has 4 aromatic carbocycles. The Labute approximate surface area is 182 Å². The summed E-state index contributed by atoms with van der Waals surface area (Å²) in [6.07, 6.45) is 3.34. The van der Waals surface area contributed by atoms with Crippen molar-refractivity contribution in [3.05, 3.63) is 78.0 Å². The molecular formula is C29H26NO+. The summed E-state index contributed by atoms with van der Waals surface area (Å²) >= 11 is 0. The topological polar surface area (TPSA) is 13.1 Å². The first-order chi connectivity index (χ1) is 15.0. The van der Waals surface area contributed by atoms with Gasteiger partial charge < -0.3 is 4.74 Å². The van der Waals surface area contributed by atoms with Crippen LogP contribution >= 0.6 is 0 Å². The molecule has 2 heterocycles. The third-order valence-electron chi connectivity index (χ3n) is 6.55. The maximum Gasteiger partial charge on any atom is 0.257 e. The molecule has 0 fully saturated rings. The zero-order chi connectivity index (χ0) is 21.3. The fourth-order valence-corrected chi connectivity index (χ4v) is 5.25. The van der Waals surface area contributed by atoms with Gasteiger partial charge in [-0.05, 0) is 58.7 Å². The van der Waals surface area contributed by atoms with E-state index in [2.05, 4.69) is 99.2 Å². The van der Waals surface area contributed by atoms with Crippen molar-refractivity contribution in [3.8, 4) is 22.8 Å². The molecule has 0 saturated heterocycles. The van der Waals surface area contributed by atoms with Gasteiger partial charge in [-0.1, -0.05) is 62.4 Å². The van der Waals surface area contributed by atoms with Crippen LogP contribution in [0.1, 0.15) is 25.0 Å². The molecule has 0 radical (unpaired) electrons. The second kappa shape index (κ2) is 6.55. The number of aryl methyl sites for hydroxylation is 2. The Morgan fingerprint density at radius 3 is 2.52 bits per heavy atom. The Morgan fingerprint density at radius 1 is 0.871 bits per heavy atom. The van der Waals surface area contributed by atoms with Gasteiger partial charge in [-0.3, -0.25) is 0 Å². The third-order valence-corrected chi connectivity index (χ3v) is 6.55. The molecule has 0 atom stereocenters. The van der Waals surface area contributed by atoms with E-state index in [1.165, 1.54) is 49.0 Å². The molecule has 2 heteroatoms. The van der Waals surface area contributed by atoms with Crippen LogP contribution in [0.15, 0.2) is 66.9 Å². The Hall–Kier alpha value is -3.39. The van der Waals surface area contributed by atoms with E-state index >= 15 is 0 Å². The summed E-state index contributed by atoms with van der Waals surface area (Å²) in [7, 11) is 2.13. The van der Waals surface area contributed by atoms with Crippen molar-refractivity contribution >= 4 is 32.3 Å². The van der Waals surface area contributed by atoms with E-state index in [9.17, 15) is 0 Å². The minimum absolute atomic E-state index is 0.646. The van der Waals surface area contributed by atoms with Crippen molar-refractivity contribution in [2.75, 3.05) is 0 Å². The number of hydrogen-bond acceptors (Lipinski definition) is 1. The highest BCUT2D eigenvalue weighted by atomic mass is 16.5. The van der Waals surface area contributed by atoms with Crippen LogP contribution in [0.2, 0.25) is 0 Å². The highest BCUT2D eigenvalue weighted by Gasteiger charge is 2.31. The second-order valence-corrected chi connectivity index (χ2v) is 9.31. The molecule has 31 heavy (non-hydrogen) atoms. The number of hydrogen-bond donors (Lipinski definition) is 0. The van der Waals surface area contributed by atoms with Crippen molar-refractivity contribution in [2.45, 2.75) is 27.2 Å². The summed E-state index contributed by atoms with van der Waals surface area (Å²) in [5, 5.41) is 7.37. The number of aromatic nitrogens is 1. The fourth-order valence-electron chi connectivity index (χ4n) is 5.25. The predicted molar refractivity (Wildman–Crippen MR) is 129 cm³/mol. The lowest BCUT2D eigenvalue weighted by atomic mass is 9.91. The molecule has 0 amide bonds. The Kier molecular flexibility index (Phi) is 3.89. The third kappa shape index (κ3) is 2.68. The Bertz CT molecular complexity index is 1530. The van der Waals surface area contributed by atoms with E-state index < -0.39 is 0 Å². The molecule has 0 N–H and O–H groups in total. The lowest BCUT2D eigenvalue weighted by molar-refractivity contribution is -0.659. The first-order valence-electron chi connectivity index (χ1n) is 11.1. The molecular weight excluding hydrogens is 378 g/mol. The quantitative estimate of drug-likeness (QED) is 0.219. The standard InChI is InChI=1S/C29H26NO/c1-17(2)14-19-9-13-23-21(15-19)11-12-22-16-30(4)28-25-18(3)8-10-20-6-5-7-24(27(20)25)31-29(28)26(22)23/h5-13,15-17H,14H2,1-4H3/q+1. The minimum Gasteiger partial charge on any atom is -0.449 e. The molecule has 1 aromatic heterocycles. The van der Waals surface area contributed by atoms with Crippen molar-refractivity contribution in [2.24, 2.45) is 13.0 Å². The first-order valence-corrected chi connectivity index (χ1v) is 11.1. The largest absolute Gasteiger partial charge is 0.449 e. The van der Waals surface area contributed by atoms with Gasteiger partial charge in [0, 0.05) is 10.8 Å². The van der Waals surface area contributed by atoms with Crippen molar-refractivity contribution in [3.63, 3.8) is 0 Å². The van der Waals surface area contributed by atoms with Crippen LogP contribution in [-0.4, -0.2) is 0 Å². The van der Waals surface area contributed by atoms with Gasteiger partial charge in [-0.25, -0.2) is 0 Å². The molecule has 0 saturated carbocycles. The van der Waals surface area contributed by atoms with Gasteiger partial charge in [0.25, 0.3) is 5.69 Å². The van der Waals surface area contributed by atoms with Crippen LogP contribution in [0.25, 0.3) is 43.6 Å². The van der Waals surface area contributed by atoms with Crippen LogP contribution in [0, 0.1) is 12.8 Å². The zero-order valence-electron chi connectivity index (χ0n) is 18.5. The smallest absolute Gasteiger partial charge is 0.257 e. The highest BCUT2D eigenvalue weighted by molar-refractivity contribution is 6.14. The molecule has 6 rings (SSSR count). The second-order valence-electron chi connectivity index (χ2n) is 9.31. The van der Waals surface area contributed by atoms with Crippen molar-refractivity contribution in [1.82, 2.24) is 0 Å². The molecule has 0 bridgehead atoms. The molecule has 0 spiro atoms. The minimum atomic E-state index is 0.646. The average molecular weight is 405 g/mol. The number of ether oxygens (including phenoxy) is 1. The Balaban J connectivity index is 1.73. The number of nitrogens with zero attached hydrogens (tertiary/aromatic N) is 1. The lowest BCUT2D eigenvalue weighted by Gasteiger charge is -2.22. The summed E-state index contributed by atoms with van der Waals surface area (Å²) < 4.78 is 8.91. The normalized spacial score (nSPS) is 12.5. The molecule has 0 unspecified atom stereocenters. The van der Waals surface area contributed by atoms with Gasteiger partial charge in [0.1, 0.15) is 12.8 Å². The maximum atomic E-state index is 6.68. The summed E-state index contributed by atoms with van der Waals surface area (Å²) in [4.78, 5) is 0. The van der Waals surface area contributed by atoms with Gasteiger partial charge >= 0.3 is 0 Å². The first kappa shape index (κ1) is 18.4. The molecule has 2 nitrogen and oxygen atoms in total. The molecule has 152 valence electrons. The monoisotopic (exact) mass is 404 g/mol. The van der Waals surface area contributed by atoms with E-state index in [-0.39, 0.29) is 0 Å². The summed E-state index contributed by atoms with van der Waals surface area (Å²) in [6, 6.07) is 22.2. The number of fused-ring (bicyclic) bond motifs is 6. The fraction of sp³-hybridized carbons (Fsp3) is 0.207.